The fraction of sp³-hybridized carbons (Fsp3) is 0.571. The van der Waals surface area contributed by atoms with Gasteiger partial charge in [0.05, 0.1) is 0 Å². The summed E-state index contributed by atoms with van der Waals surface area (Å²) < 4.78 is 1.16. The second kappa shape index (κ2) is 5.33. The molecule has 2 rings (SSSR count). The topological polar surface area (TPSA) is 26.0 Å². The lowest BCUT2D eigenvalue weighted by Crippen LogP contribution is -2.31. The second-order valence-electron chi connectivity index (χ2n) is 4.89. The standard InChI is InChI=1S/C14H20BrN/c15-13-6-4-12(5-7-13)14(10-11-16)8-2-1-3-9-14/h4-7H,1-3,8-11,16H2. The van der Waals surface area contributed by atoms with Gasteiger partial charge in [0.15, 0.2) is 0 Å². The third-order valence-electron chi connectivity index (χ3n) is 3.89. The van der Waals surface area contributed by atoms with Crippen LogP contribution in [-0.4, -0.2) is 6.54 Å². The molecule has 0 bridgehead atoms. The van der Waals surface area contributed by atoms with Gasteiger partial charge < -0.3 is 5.73 Å². The Bertz CT molecular complexity index is 320. The van der Waals surface area contributed by atoms with Gasteiger partial charge in [0.25, 0.3) is 0 Å². The monoisotopic (exact) mass is 281 g/mol. The van der Waals surface area contributed by atoms with Crippen LogP contribution in [0.2, 0.25) is 0 Å². The minimum absolute atomic E-state index is 0.369. The van der Waals surface area contributed by atoms with Crippen LogP contribution in [0.4, 0.5) is 0 Å². The van der Waals surface area contributed by atoms with Crippen molar-refractivity contribution in [1.82, 2.24) is 0 Å². The van der Waals surface area contributed by atoms with E-state index in [9.17, 15) is 0 Å². The summed E-state index contributed by atoms with van der Waals surface area (Å²) >= 11 is 3.50. The van der Waals surface area contributed by atoms with Gasteiger partial charge in [-0.3, -0.25) is 0 Å². The van der Waals surface area contributed by atoms with Crippen molar-refractivity contribution in [2.75, 3.05) is 6.54 Å². The molecule has 0 saturated heterocycles. The zero-order valence-electron chi connectivity index (χ0n) is 9.71. The van der Waals surface area contributed by atoms with Crippen LogP contribution in [0.25, 0.3) is 0 Å². The van der Waals surface area contributed by atoms with Crippen LogP contribution in [-0.2, 0) is 5.41 Å². The Morgan fingerprint density at radius 2 is 1.69 bits per heavy atom. The smallest absolute Gasteiger partial charge is 0.0175 e. The lowest BCUT2D eigenvalue weighted by atomic mass is 9.67. The van der Waals surface area contributed by atoms with Gasteiger partial charge in [-0.25, -0.2) is 0 Å². The molecule has 0 aliphatic heterocycles. The molecule has 1 nitrogen and oxygen atoms in total. The molecular formula is C14H20BrN. The number of hydrogen-bond acceptors (Lipinski definition) is 1. The lowest BCUT2D eigenvalue weighted by molar-refractivity contribution is 0.277. The Morgan fingerprint density at radius 1 is 1.06 bits per heavy atom. The number of benzene rings is 1. The van der Waals surface area contributed by atoms with Gasteiger partial charge in [0, 0.05) is 4.47 Å². The minimum atomic E-state index is 0.369. The molecule has 0 atom stereocenters. The first-order valence-corrected chi connectivity index (χ1v) is 7.02. The average Bonchev–Trinajstić information content (AvgIpc) is 2.31. The van der Waals surface area contributed by atoms with Crippen molar-refractivity contribution in [3.05, 3.63) is 34.3 Å². The molecule has 2 heteroatoms. The molecule has 1 saturated carbocycles. The molecule has 0 amide bonds. The highest BCUT2D eigenvalue weighted by Gasteiger charge is 2.32. The van der Waals surface area contributed by atoms with E-state index in [1.54, 1.807) is 0 Å². The van der Waals surface area contributed by atoms with Crippen LogP contribution >= 0.6 is 15.9 Å². The number of hydrogen-bond donors (Lipinski definition) is 1. The Morgan fingerprint density at radius 3 is 2.25 bits per heavy atom. The zero-order chi connectivity index (χ0) is 11.4. The van der Waals surface area contributed by atoms with Crippen molar-refractivity contribution in [2.45, 2.75) is 43.9 Å². The molecule has 1 fully saturated rings. The Hall–Kier alpha value is -0.340. The van der Waals surface area contributed by atoms with E-state index in [0.717, 1.165) is 17.4 Å². The Balaban J connectivity index is 2.26. The number of nitrogens with two attached hydrogens (primary N) is 1. The summed E-state index contributed by atoms with van der Waals surface area (Å²) in [5, 5.41) is 0. The highest BCUT2D eigenvalue weighted by Crippen LogP contribution is 2.42. The van der Waals surface area contributed by atoms with Gasteiger partial charge in [0.2, 0.25) is 0 Å². The van der Waals surface area contributed by atoms with Gasteiger partial charge >= 0.3 is 0 Å². The maximum Gasteiger partial charge on any atom is 0.0175 e. The highest BCUT2D eigenvalue weighted by atomic mass is 79.9. The molecular weight excluding hydrogens is 262 g/mol. The van der Waals surface area contributed by atoms with Crippen molar-refractivity contribution < 1.29 is 0 Å². The summed E-state index contributed by atoms with van der Waals surface area (Å²) in [4.78, 5) is 0. The largest absolute Gasteiger partial charge is 0.330 e. The van der Waals surface area contributed by atoms with E-state index >= 15 is 0 Å². The molecule has 0 spiro atoms. The van der Waals surface area contributed by atoms with Crippen molar-refractivity contribution >= 4 is 15.9 Å². The number of rotatable bonds is 3. The molecule has 1 aromatic carbocycles. The summed E-state index contributed by atoms with van der Waals surface area (Å²) in [5.74, 6) is 0. The molecule has 2 N–H and O–H groups in total. The van der Waals surface area contributed by atoms with E-state index in [-0.39, 0.29) is 0 Å². The first-order chi connectivity index (χ1) is 7.77. The summed E-state index contributed by atoms with van der Waals surface area (Å²) in [6.45, 7) is 0.802. The van der Waals surface area contributed by atoms with Crippen LogP contribution < -0.4 is 5.73 Å². The van der Waals surface area contributed by atoms with E-state index in [1.165, 1.54) is 37.7 Å². The summed E-state index contributed by atoms with van der Waals surface area (Å²) in [5.41, 5.74) is 7.66. The average molecular weight is 282 g/mol. The quantitative estimate of drug-likeness (QED) is 0.891. The van der Waals surface area contributed by atoms with Crippen LogP contribution in [0.1, 0.15) is 44.1 Å². The van der Waals surface area contributed by atoms with Crippen LogP contribution in [0.5, 0.6) is 0 Å². The third-order valence-corrected chi connectivity index (χ3v) is 4.42. The molecule has 1 aliphatic carbocycles. The Kier molecular flexibility index (Phi) is 4.04. The third kappa shape index (κ3) is 2.49. The maximum absolute atomic E-state index is 5.80. The highest BCUT2D eigenvalue weighted by molar-refractivity contribution is 9.10. The van der Waals surface area contributed by atoms with E-state index in [0.29, 0.717) is 5.41 Å². The van der Waals surface area contributed by atoms with Crippen molar-refractivity contribution in [2.24, 2.45) is 5.73 Å². The van der Waals surface area contributed by atoms with Crippen LogP contribution in [0, 0.1) is 0 Å². The lowest BCUT2D eigenvalue weighted by Gasteiger charge is -2.38. The Labute approximate surface area is 107 Å². The van der Waals surface area contributed by atoms with Crippen molar-refractivity contribution in [1.29, 1.82) is 0 Å². The summed E-state index contributed by atoms with van der Waals surface area (Å²) in [7, 11) is 0. The second-order valence-corrected chi connectivity index (χ2v) is 5.80. The molecule has 88 valence electrons. The maximum atomic E-state index is 5.80. The SMILES string of the molecule is NCCC1(c2ccc(Br)cc2)CCCCC1. The van der Waals surface area contributed by atoms with Crippen molar-refractivity contribution in [3.8, 4) is 0 Å². The summed E-state index contributed by atoms with van der Waals surface area (Å²) in [6.07, 6.45) is 7.86. The van der Waals surface area contributed by atoms with Gasteiger partial charge in [-0.2, -0.15) is 0 Å². The summed E-state index contributed by atoms with van der Waals surface area (Å²) in [6, 6.07) is 8.85. The van der Waals surface area contributed by atoms with E-state index in [1.807, 2.05) is 0 Å². The molecule has 0 radical (unpaired) electrons. The number of halogens is 1. The molecule has 0 heterocycles. The van der Waals surface area contributed by atoms with Gasteiger partial charge in [-0.1, -0.05) is 47.3 Å². The van der Waals surface area contributed by atoms with E-state index < -0.39 is 0 Å². The zero-order valence-corrected chi connectivity index (χ0v) is 11.3. The molecule has 16 heavy (non-hydrogen) atoms. The molecule has 1 aromatic rings. The van der Waals surface area contributed by atoms with E-state index in [4.69, 9.17) is 5.73 Å². The van der Waals surface area contributed by atoms with Crippen LogP contribution in [0.15, 0.2) is 28.7 Å². The predicted octanol–water partition coefficient (Wildman–Crippen LogP) is 4.00. The first-order valence-electron chi connectivity index (χ1n) is 6.23. The fourth-order valence-electron chi connectivity index (χ4n) is 2.99. The van der Waals surface area contributed by atoms with Gasteiger partial charge in [-0.05, 0) is 48.9 Å². The fourth-order valence-corrected chi connectivity index (χ4v) is 3.26. The molecule has 0 aromatic heterocycles. The molecule has 0 unspecified atom stereocenters. The van der Waals surface area contributed by atoms with Gasteiger partial charge in [-0.15, -0.1) is 0 Å². The van der Waals surface area contributed by atoms with Crippen LogP contribution in [0.3, 0.4) is 0 Å². The van der Waals surface area contributed by atoms with E-state index in [2.05, 4.69) is 40.2 Å². The normalized spacial score (nSPS) is 19.6. The first kappa shape index (κ1) is 12.1. The van der Waals surface area contributed by atoms with Gasteiger partial charge in [0.1, 0.15) is 0 Å². The minimum Gasteiger partial charge on any atom is -0.330 e. The predicted molar refractivity (Wildman–Crippen MR) is 72.6 cm³/mol. The van der Waals surface area contributed by atoms with Crippen molar-refractivity contribution in [3.63, 3.8) is 0 Å². The molecule has 1 aliphatic rings.